The number of carbonyl (C=O) groups is 6. The average Bonchev–Trinajstić information content (AvgIpc) is 1.00. The summed E-state index contributed by atoms with van der Waals surface area (Å²) in [5.41, 5.74) is 3.51. The van der Waals surface area contributed by atoms with Gasteiger partial charge in [0.1, 0.15) is 45.0 Å². The van der Waals surface area contributed by atoms with E-state index in [1.165, 1.54) is 35.4 Å². The number of hydrogen-bond donors (Lipinski definition) is 5. The van der Waals surface area contributed by atoms with Crippen LogP contribution in [0.1, 0.15) is 141 Å². The van der Waals surface area contributed by atoms with Crippen LogP contribution >= 0.6 is 23.2 Å². The Morgan fingerprint density at radius 2 is 1.05 bits per heavy atom. The molecule has 2 aliphatic carbocycles. The van der Waals surface area contributed by atoms with Crippen LogP contribution in [0.3, 0.4) is 0 Å². The lowest BCUT2D eigenvalue weighted by molar-refractivity contribution is -0.149. The van der Waals surface area contributed by atoms with Gasteiger partial charge >= 0.3 is 0 Å². The first-order chi connectivity index (χ1) is 54.6. The summed E-state index contributed by atoms with van der Waals surface area (Å²) < 4.78 is 32.1. The van der Waals surface area contributed by atoms with E-state index in [2.05, 4.69) is 60.2 Å². The van der Waals surface area contributed by atoms with E-state index in [9.17, 15) is 38.4 Å². The normalized spacial score (nSPS) is 20.9. The molecule has 114 heavy (non-hydrogen) atoms. The summed E-state index contributed by atoms with van der Waals surface area (Å²) in [4.78, 5) is 140. The summed E-state index contributed by atoms with van der Waals surface area (Å²) in [6.45, 7) is 13.9. The number of rotatable bonds is 21. The number of ether oxygens (including phenoxy) is 4. The number of halogens is 2. The minimum atomic E-state index is -1.70. The maximum atomic E-state index is 14.4. The molecule has 0 bridgehead atoms. The molecule has 5 N–H and O–H groups in total. The molecule has 6 fully saturated rings. The Labute approximate surface area is 664 Å². The number of carbonyl (C=O) groups excluding carboxylic acids is 6. The second-order valence-corrected chi connectivity index (χ2v) is 32.9. The number of anilines is 6. The first kappa shape index (κ1) is 76.4. The summed E-state index contributed by atoms with van der Waals surface area (Å²) in [5.74, 6) is -0.556. The third kappa shape index (κ3) is 14.5. The van der Waals surface area contributed by atoms with E-state index in [1.807, 2.05) is 64.3 Å². The number of pyridine rings is 4. The van der Waals surface area contributed by atoms with E-state index in [0.29, 0.717) is 81.2 Å². The van der Waals surface area contributed by atoms with Crippen molar-refractivity contribution in [2.45, 2.75) is 148 Å². The number of hydrogen-bond acceptors (Lipinski definition) is 24. The first-order valence-electron chi connectivity index (χ1n) is 38.5. The number of nitrogens with zero attached hydrogens (tertiary/aromatic N) is 15. The Hall–Kier alpha value is -11.5. The number of benzene rings is 2. The average molecular weight is 1590 g/mol. The van der Waals surface area contributed by atoms with E-state index >= 15 is 0 Å². The van der Waals surface area contributed by atoms with Crippen molar-refractivity contribution in [1.82, 2.24) is 79.4 Å². The summed E-state index contributed by atoms with van der Waals surface area (Å²) in [6, 6.07) is 17.3. The van der Waals surface area contributed by atoms with Gasteiger partial charge in [-0.3, -0.25) is 72.4 Å². The molecule has 3 unspecified atom stereocenters. The molecule has 16 rings (SSSR count). The number of piperidine rings is 2. The maximum Gasteiger partial charge on any atom is 0.294 e. The molecule has 32 nitrogen and oxygen atoms in total. The van der Waals surface area contributed by atoms with E-state index in [1.54, 1.807) is 60.1 Å². The zero-order chi connectivity index (χ0) is 80.1. The van der Waals surface area contributed by atoms with Crippen LogP contribution in [-0.2, 0) is 42.9 Å². The Morgan fingerprint density at radius 1 is 0.605 bits per heavy atom. The fourth-order valence-corrected chi connectivity index (χ4v) is 17.8. The van der Waals surface area contributed by atoms with Gasteiger partial charge in [-0.25, -0.2) is 19.9 Å². The van der Waals surface area contributed by atoms with Crippen LogP contribution in [0.2, 0.25) is 10.0 Å². The van der Waals surface area contributed by atoms with Gasteiger partial charge < -0.3 is 44.7 Å². The minimum Gasteiger partial charge on any atom is -0.490 e. The summed E-state index contributed by atoms with van der Waals surface area (Å²) in [6.07, 6.45) is 11.3. The van der Waals surface area contributed by atoms with Crippen molar-refractivity contribution in [3.63, 3.8) is 0 Å². The molecule has 0 radical (unpaired) electrons. The van der Waals surface area contributed by atoms with Gasteiger partial charge in [0.15, 0.2) is 29.7 Å². The molecule has 4 aliphatic heterocycles. The lowest BCUT2D eigenvalue weighted by Crippen LogP contribution is -2.60. The quantitative estimate of drug-likeness (QED) is 0.0330. The highest BCUT2D eigenvalue weighted by Crippen LogP contribution is 2.50. The van der Waals surface area contributed by atoms with Crippen LogP contribution in [0.5, 0.6) is 23.0 Å². The number of fused-ring (bicyclic) bond motifs is 4. The van der Waals surface area contributed by atoms with Crippen molar-refractivity contribution in [2.24, 2.45) is 36.8 Å². The lowest BCUT2D eigenvalue weighted by Gasteiger charge is -2.55. The van der Waals surface area contributed by atoms with Crippen LogP contribution in [-0.4, -0.2) is 164 Å². The molecule has 2 aromatic carbocycles. The second-order valence-electron chi connectivity index (χ2n) is 32.0. The first-order valence-corrected chi connectivity index (χ1v) is 39.2. The fourth-order valence-electron chi connectivity index (χ4n) is 17.6. The topological polar surface area (TPSA) is 366 Å². The summed E-state index contributed by atoms with van der Waals surface area (Å²) in [7, 11) is 6.38. The molecule has 8 aromatic heterocycles. The summed E-state index contributed by atoms with van der Waals surface area (Å²) in [5, 5.41) is 26.6. The van der Waals surface area contributed by atoms with Gasteiger partial charge in [-0.2, -0.15) is 20.2 Å². The van der Waals surface area contributed by atoms with Crippen molar-refractivity contribution < 1.29 is 47.7 Å². The fraction of sp³-hybridized carbons (Fsp3) is 0.450. The number of imide groups is 2. The molecule has 12 heterocycles. The highest BCUT2D eigenvalue weighted by atomic mass is 35.5. The number of likely N-dealkylation sites (N-methyl/N-ethyl adjacent to an activating group) is 2. The van der Waals surface area contributed by atoms with Gasteiger partial charge in [-0.15, -0.1) is 0 Å². The van der Waals surface area contributed by atoms with Gasteiger partial charge in [-0.05, 0) is 139 Å². The molecule has 4 saturated heterocycles. The maximum absolute atomic E-state index is 14.4. The number of aromatic nitrogens is 12. The largest absolute Gasteiger partial charge is 0.490 e. The number of amides is 6. The van der Waals surface area contributed by atoms with Crippen LogP contribution in [0.4, 0.5) is 34.9 Å². The van der Waals surface area contributed by atoms with Crippen molar-refractivity contribution in [3.05, 3.63) is 128 Å². The van der Waals surface area contributed by atoms with Gasteiger partial charge in [0, 0.05) is 124 Å². The monoisotopic (exact) mass is 1590 g/mol. The molecule has 34 heteroatoms. The highest BCUT2D eigenvalue weighted by Gasteiger charge is 2.51. The zero-order valence-corrected chi connectivity index (χ0v) is 66.3. The summed E-state index contributed by atoms with van der Waals surface area (Å²) >= 11 is 13.6. The van der Waals surface area contributed by atoms with Gasteiger partial charge in [0.25, 0.3) is 29.2 Å². The Kier molecular flexibility index (Phi) is 20.2. The predicted molar refractivity (Wildman–Crippen MR) is 426 cm³/mol. The molecule has 594 valence electrons. The van der Waals surface area contributed by atoms with Crippen LogP contribution < -0.4 is 66.4 Å². The van der Waals surface area contributed by atoms with E-state index < -0.39 is 59.7 Å². The predicted octanol–water partition coefficient (Wildman–Crippen LogP) is 9.59. The van der Waals surface area contributed by atoms with Crippen LogP contribution in [0, 0.1) is 22.7 Å². The molecule has 2 saturated carbocycles. The van der Waals surface area contributed by atoms with Crippen molar-refractivity contribution >= 4 is 137 Å². The van der Waals surface area contributed by atoms with Crippen LogP contribution in [0.25, 0.3) is 43.9 Å². The van der Waals surface area contributed by atoms with Crippen LogP contribution in [0.15, 0.2) is 95.0 Å². The van der Waals surface area contributed by atoms with Gasteiger partial charge in [-0.1, -0.05) is 37.0 Å². The van der Waals surface area contributed by atoms with Crippen molar-refractivity contribution in [1.29, 1.82) is 0 Å². The molecular weight excluding hydrogens is 1500 g/mol. The van der Waals surface area contributed by atoms with E-state index in [-0.39, 0.29) is 92.9 Å². The Morgan fingerprint density at radius 3 is 1.48 bits per heavy atom. The lowest BCUT2D eigenvalue weighted by atomic mass is 9.64. The smallest absolute Gasteiger partial charge is 0.294 e. The molecule has 6 amide bonds. The van der Waals surface area contributed by atoms with Crippen molar-refractivity contribution in [3.8, 4) is 23.0 Å². The number of nitrogens with one attached hydrogen (secondary N) is 5. The molecular formula is C80H88Cl2N20O12. The molecule has 7 atom stereocenters. The Balaban J connectivity index is 0.547. The molecule has 6 aliphatic rings. The van der Waals surface area contributed by atoms with Gasteiger partial charge in [0.05, 0.1) is 70.4 Å². The second kappa shape index (κ2) is 30.1. The standard InChI is InChI=1S/C80H88Cl2N20O12/c1-40(2)101-69-44(23-46(31-84-69)88-67-54(81)33-86-77(92-67)99-36-79(37-99)21-19-58(42(5)29-79)112-48-11-13-50-56(27-48)97(9)94-65(50)52-15-17-62(103)90-71(52)106)25-60(74(101)109)111-35-64(105)96(8)76(73(108)83-7)114-61-26-45-24-47(32-85-70(45)102(41(3)4)75(61)110)89-68-55(82)34-87-78(93-68)100-38-80(39-100)22-20-59(43(6)30-80)113-49-12-14-51-57(28-49)98(10)95-66(51)53-16-18-63(104)91-72(53)107/h11-14,23-28,31-34,40-43,52-53,58-59,76H,15-22,29-30,35-39H2,1-10H3,(H,83,108)(H,86,88,92)(H,87,89,93)(H,90,103,106)(H,91,104,107)/t42-,43-,52?,53?,58-,59-,76?/m1/s1. The third-order valence-electron chi connectivity index (χ3n) is 23.3. The number of aryl methyl sites for hydroxylation is 2. The minimum absolute atomic E-state index is 0.0127. The molecule has 10 aromatic rings. The SMILES string of the molecule is CNC(=O)C(Oc1cc2cc(Nc3nc(N4CC5(CC[C@@H](Oc6ccc7c(C8CCC(=O)NC8=O)nn(C)c7c6)[C@H](C)C5)C4)ncc3Cl)cnc2n(C(C)C)c1=O)N(C)C(=O)COc1cc2cc(Nc3nc(N4CC5(CC[C@@H](Oc6ccc7c(C8CCC(=O)NC8=O)nn(C)c7c6)[C@H](C)C5)C4)ncc3Cl)cnc2n(C(C)C)c1=O. The molecule has 2 spiro atoms. The third-order valence-corrected chi connectivity index (χ3v) is 23.8. The Bertz CT molecular complexity index is 5710. The van der Waals surface area contributed by atoms with E-state index in [4.69, 9.17) is 72.3 Å². The highest BCUT2D eigenvalue weighted by molar-refractivity contribution is 6.33. The van der Waals surface area contributed by atoms with Crippen molar-refractivity contribution in [2.75, 3.05) is 67.3 Å². The van der Waals surface area contributed by atoms with Gasteiger partial charge in [0.2, 0.25) is 35.5 Å². The van der Waals surface area contributed by atoms with E-state index in [0.717, 1.165) is 103 Å². The zero-order valence-electron chi connectivity index (χ0n) is 64.7.